The van der Waals surface area contributed by atoms with Crippen LogP contribution in [0.25, 0.3) is 6.08 Å². The molecule has 0 amide bonds. The summed E-state index contributed by atoms with van der Waals surface area (Å²) in [5, 5.41) is 0. The second kappa shape index (κ2) is 5.53. The molecule has 2 nitrogen and oxygen atoms in total. The minimum atomic E-state index is 0.181. The Hall–Kier alpha value is -2.81. The molecule has 1 aliphatic heterocycles. The largest absolute Gasteiger partial charge is 0.377 e. The summed E-state index contributed by atoms with van der Waals surface area (Å²) in [5.41, 5.74) is 4.92. The lowest BCUT2D eigenvalue weighted by Crippen LogP contribution is -2.46. The van der Waals surface area contributed by atoms with Crippen molar-refractivity contribution in [3.63, 3.8) is 0 Å². The van der Waals surface area contributed by atoms with Crippen LogP contribution in [0.2, 0.25) is 0 Å². The Labute approximate surface area is 130 Å². The van der Waals surface area contributed by atoms with E-state index in [1.807, 2.05) is 12.4 Å². The Morgan fingerprint density at radius 2 is 1.50 bits per heavy atom. The first-order chi connectivity index (χ1) is 10.9. The molecule has 0 saturated heterocycles. The Morgan fingerprint density at radius 3 is 2.32 bits per heavy atom. The molecule has 0 fully saturated rings. The van der Waals surface area contributed by atoms with Gasteiger partial charge in [0.15, 0.2) is 0 Å². The Bertz CT molecular complexity index is 800. The minimum absolute atomic E-state index is 0.181. The van der Waals surface area contributed by atoms with E-state index in [2.05, 4.69) is 88.6 Å². The molecule has 22 heavy (non-hydrogen) atoms. The molecule has 0 unspecified atom stereocenters. The number of hydrogen-bond donors (Lipinski definition) is 0. The highest BCUT2D eigenvalue weighted by molar-refractivity contribution is 6.83. The molecule has 3 aromatic rings. The van der Waals surface area contributed by atoms with Gasteiger partial charge in [-0.2, -0.15) is 0 Å². The predicted octanol–water partition coefficient (Wildman–Crippen LogP) is 3.68. The highest BCUT2D eigenvalue weighted by Crippen LogP contribution is 2.33. The molecule has 0 bridgehead atoms. The minimum Gasteiger partial charge on any atom is -0.377 e. The van der Waals surface area contributed by atoms with Crippen LogP contribution in [0.5, 0.6) is 0 Å². The third-order valence-corrected chi connectivity index (χ3v) is 4.01. The molecule has 0 spiro atoms. The summed E-state index contributed by atoms with van der Waals surface area (Å²) in [6.07, 6.45) is 5.92. The van der Waals surface area contributed by atoms with Gasteiger partial charge < -0.3 is 4.81 Å². The lowest BCUT2D eigenvalue weighted by Gasteiger charge is -2.34. The lowest BCUT2D eigenvalue weighted by molar-refractivity contribution is 1.33. The summed E-state index contributed by atoms with van der Waals surface area (Å²) in [4.78, 5) is 6.52. The van der Waals surface area contributed by atoms with Crippen LogP contribution in [-0.2, 0) is 0 Å². The molecule has 0 radical (unpaired) electrons. The number of fused-ring (bicyclic) bond motifs is 1. The van der Waals surface area contributed by atoms with Crippen LogP contribution >= 0.6 is 0 Å². The van der Waals surface area contributed by atoms with Crippen molar-refractivity contribution in [2.45, 2.75) is 0 Å². The van der Waals surface area contributed by atoms with Gasteiger partial charge in [0, 0.05) is 23.8 Å². The van der Waals surface area contributed by atoms with E-state index < -0.39 is 0 Å². The van der Waals surface area contributed by atoms with Crippen LogP contribution < -0.4 is 10.3 Å². The smallest absolute Gasteiger partial charge is 0.320 e. The number of nitrogens with zero attached hydrogens (tertiary/aromatic N) is 2. The number of aromatic nitrogens is 1. The third kappa shape index (κ3) is 2.21. The van der Waals surface area contributed by atoms with Gasteiger partial charge in [0.1, 0.15) is 0 Å². The predicted molar refractivity (Wildman–Crippen MR) is 93.7 cm³/mol. The van der Waals surface area contributed by atoms with Crippen molar-refractivity contribution in [3.8, 4) is 0 Å². The summed E-state index contributed by atoms with van der Waals surface area (Å²) in [6.45, 7) is 0.181. The van der Waals surface area contributed by atoms with Gasteiger partial charge in [0.05, 0.1) is 0 Å². The summed E-state index contributed by atoms with van der Waals surface area (Å²) in [6, 6.07) is 23.2. The monoisotopic (exact) mass is 282 g/mol. The second-order valence-electron chi connectivity index (χ2n) is 5.35. The van der Waals surface area contributed by atoms with Gasteiger partial charge in [-0.15, -0.1) is 0 Å². The highest BCUT2D eigenvalue weighted by Gasteiger charge is 2.28. The molecular weight excluding hydrogens is 267 g/mol. The van der Waals surface area contributed by atoms with E-state index in [4.69, 9.17) is 0 Å². The maximum Gasteiger partial charge on any atom is 0.320 e. The quantitative estimate of drug-likeness (QED) is 0.666. The van der Waals surface area contributed by atoms with Crippen LogP contribution in [0.3, 0.4) is 0 Å². The standard InChI is InChI=1S/C19H15BN2/c1-2-7-18(8-3-1)22-19-9-5-4-6-16(19)10-13-20(22)17-11-14-21-15-12-17/h1-15H. The van der Waals surface area contributed by atoms with Crippen molar-refractivity contribution < 1.29 is 0 Å². The lowest BCUT2D eigenvalue weighted by atomic mass is 9.52. The van der Waals surface area contributed by atoms with E-state index in [-0.39, 0.29) is 6.85 Å². The first-order valence-corrected chi connectivity index (χ1v) is 7.45. The number of rotatable bonds is 2. The van der Waals surface area contributed by atoms with Crippen molar-refractivity contribution in [2.24, 2.45) is 0 Å². The molecule has 0 saturated carbocycles. The van der Waals surface area contributed by atoms with E-state index in [0.717, 1.165) is 0 Å². The topological polar surface area (TPSA) is 16.1 Å². The third-order valence-electron chi connectivity index (χ3n) is 4.01. The number of benzene rings is 2. The van der Waals surface area contributed by atoms with Gasteiger partial charge in [-0.05, 0) is 41.4 Å². The van der Waals surface area contributed by atoms with E-state index >= 15 is 0 Å². The van der Waals surface area contributed by atoms with Crippen LogP contribution in [0.15, 0.2) is 85.1 Å². The maximum atomic E-state index is 4.14. The molecule has 4 rings (SSSR count). The van der Waals surface area contributed by atoms with Crippen LogP contribution in [0.4, 0.5) is 11.4 Å². The number of anilines is 2. The molecule has 2 aromatic carbocycles. The molecular formula is C19H15BN2. The van der Waals surface area contributed by atoms with Crippen molar-refractivity contribution in [1.29, 1.82) is 0 Å². The van der Waals surface area contributed by atoms with Gasteiger partial charge in [-0.25, -0.2) is 0 Å². The normalized spacial score (nSPS) is 13.1. The van der Waals surface area contributed by atoms with Gasteiger partial charge in [0.2, 0.25) is 0 Å². The molecule has 3 heteroatoms. The fourth-order valence-electron chi connectivity index (χ4n) is 2.99. The SMILES string of the molecule is C1=Cc2ccccc2N(c2ccccc2)B1c1ccncc1. The van der Waals surface area contributed by atoms with Crippen LogP contribution in [0.1, 0.15) is 5.56 Å². The first-order valence-electron chi connectivity index (χ1n) is 7.45. The molecule has 104 valence electrons. The van der Waals surface area contributed by atoms with Crippen LogP contribution in [-0.4, -0.2) is 11.8 Å². The zero-order valence-corrected chi connectivity index (χ0v) is 12.1. The molecule has 1 aromatic heterocycles. The van der Waals surface area contributed by atoms with Crippen molar-refractivity contribution in [1.82, 2.24) is 4.98 Å². The Morgan fingerprint density at radius 1 is 0.773 bits per heavy atom. The zero-order valence-electron chi connectivity index (χ0n) is 12.1. The fraction of sp³-hybridized carbons (Fsp3) is 0. The first kappa shape index (κ1) is 12.9. The Balaban J connectivity index is 1.89. The van der Waals surface area contributed by atoms with E-state index in [9.17, 15) is 0 Å². The van der Waals surface area contributed by atoms with Gasteiger partial charge in [-0.3, -0.25) is 4.98 Å². The zero-order chi connectivity index (χ0) is 14.8. The fourth-order valence-corrected chi connectivity index (χ4v) is 2.99. The van der Waals surface area contributed by atoms with Gasteiger partial charge >= 0.3 is 6.85 Å². The van der Waals surface area contributed by atoms with Gasteiger partial charge in [0.25, 0.3) is 0 Å². The van der Waals surface area contributed by atoms with Gasteiger partial charge in [-0.1, -0.05) is 48.4 Å². The molecule has 2 heterocycles. The maximum absolute atomic E-state index is 4.14. The molecule has 0 atom stereocenters. The Kier molecular flexibility index (Phi) is 3.24. The van der Waals surface area contributed by atoms with Crippen molar-refractivity contribution in [3.05, 3.63) is 90.7 Å². The van der Waals surface area contributed by atoms with E-state index in [0.29, 0.717) is 0 Å². The summed E-state index contributed by atoms with van der Waals surface area (Å²) in [7, 11) is 0. The van der Waals surface area contributed by atoms with E-state index in [1.165, 1.54) is 22.4 Å². The summed E-state index contributed by atoms with van der Waals surface area (Å²) >= 11 is 0. The van der Waals surface area contributed by atoms with E-state index in [1.54, 1.807) is 0 Å². The average molecular weight is 282 g/mol. The second-order valence-corrected chi connectivity index (χ2v) is 5.35. The highest BCUT2D eigenvalue weighted by atomic mass is 15.1. The summed E-state index contributed by atoms with van der Waals surface area (Å²) in [5.74, 6) is 2.25. The number of para-hydroxylation sites is 2. The van der Waals surface area contributed by atoms with Crippen molar-refractivity contribution >= 4 is 29.8 Å². The number of hydrogen-bond acceptors (Lipinski definition) is 2. The average Bonchev–Trinajstić information content (AvgIpc) is 2.62. The molecule has 0 N–H and O–H groups in total. The number of pyridine rings is 1. The van der Waals surface area contributed by atoms with Crippen LogP contribution in [0, 0.1) is 0 Å². The molecule has 1 aliphatic rings. The van der Waals surface area contributed by atoms with Crippen molar-refractivity contribution in [2.75, 3.05) is 4.81 Å². The molecule has 0 aliphatic carbocycles. The summed E-state index contributed by atoms with van der Waals surface area (Å²) < 4.78 is 0.